The molecule has 0 aliphatic carbocycles. The lowest BCUT2D eigenvalue weighted by Gasteiger charge is -2.13. The van der Waals surface area contributed by atoms with Gasteiger partial charge in [0.05, 0.1) is 15.7 Å². The molecule has 0 atom stereocenters. The molecule has 4 aromatic rings. The smallest absolute Gasteiger partial charge is 0.358 e. The molecule has 3 N–H and O–H groups in total. The predicted molar refractivity (Wildman–Crippen MR) is 133 cm³/mol. The van der Waals surface area contributed by atoms with Gasteiger partial charge in [-0.05, 0) is 48.5 Å². The third kappa shape index (κ3) is 5.35. The van der Waals surface area contributed by atoms with Crippen molar-refractivity contribution in [2.24, 2.45) is 0 Å². The molecular formula is C24H16Cl2N2O7S. The summed E-state index contributed by atoms with van der Waals surface area (Å²) in [7, 11) is -3.84. The van der Waals surface area contributed by atoms with Gasteiger partial charge in [-0.1, -0.05) is 41.4 Å². The number of nitrogens with zero attached hydrogens (tertiary/aromatic N) is 1. The highest BCUT2D eigenvalue weighted by molar-refractivity contribution is 7.90. The molecule has 0 radical (unpaired) electrons. The minimum atomic E-state index is -3.84. The summed E-state index contributed by atoms with van der Waals surface area (Å²) in [6.45, 7) is 0. The van der Waals surface area contributed by atoms with Crippen LogP contribution in [0.2, 0.25) is 10.0 Å². The summed E-state index contributed by atoms with van der Waals surface area (Å²) in [6.07, 6.45) is 0. The van der Waals surface area contributed by atoms with Gasteiger partial charge in [0, 0.05) is 16.1 Å². The average molecular weight is 547 g/mol. The first-order chi connectivity index (χ1) is 17.0. The summed E-state index contributed by atoms with van der Waals surface area (Å²) in [5.74, 6) is -2.52. The number of nitrogens with one attached hydrogen (secondary N) is 1. The van der Waals surface area contributed by atoms with Crippen molar-refractivity contribution in [2.75, 3.05) is 0 Å². The van der Waals surface area contributed by atoms with E-state index in [9.17, 15) is 23.1 Å². The fourth-order valence-electron chi connectivity index (χ4n) is 3.26. The lowest BCUT2D eigenvalue weighted by atomic mass is 10.2. The fraction of sp³-hybridized carbons (Fsp3) is 0.0417. The van der Waals surface area contributed by atoms with Crippen LogP contribution in [-0.2, 0) is 15.6 Å². The number of aromatic amines is 1. The van der Waals surface area contributed by atoms with E-state index in [0.717, 1.165) is 0 Å². The van der Waals surface area contributed by atoms with Crippen molar-refractivity contribution in [1.82, 2.24) is 9.97 Å². The number of aromatic nitrogens is 2. The van der Waals surface area contributed by atoms with Crippen LogP contribution >= 0.6 is 23.2 Å². The number of rotatable bonds is 7. The Bertz CT molecular complexity index is 1640. The number of aromatic carboxylic acids is 1. The van der Waals surface area contributed by atoms with Gasteiger partial charge in [-0.25, -0.2) is 18.2 Å². The molecule has 0 saturated heterocycles. The molecule has 0 aliphatic heterocycles. The van der Waals surface area contributed by atoms with Crippen molar-refractivity contribution in [3.8, 4) is 28.6 Å². The van der Waals surface area contributed by atoms with E-state index >= 15 is 0 Å². The molecule has 4 rings (SSSR count). The largest absolute Gasteiger partial charge is 0.501 e. The normalized spacial score (nSPS) is 11.3. The van der Waals surface area contributed by atoms with Crippen molar-refractivity contribution in [3.63, 3.8) is 0 Å². The highest BCUT2D eigenvalue weighted by atomic mass is 35.5. The molecule has 1 heterocycles. The first-order valence-electron chi connectivity index (χ1n) is 10.2. The summed E-state index contributed by atoms with van der Waals surface area (Å²) >= 11 is 12.1. The molecule has 0 bridgehead atoms. The summed E-state index contributed by atoms with van der Waals surface area (Å²) in [5.41, 5.74) is -1.22. The molecule has 3 aromatic carbocycles. The molecule has 0 fully saturated rings. The van der Waals surface area contributed by atoms with Crippen molar-refractivity contribution in [1.29, 1.82) is 0 Å². The standard InChI is InChI=1S/C24H16Cl2N2O7S/c25-15-7-10-19(17(26)11-15)35-18-4-2-1-3-14(18)12-36(33,34)16-8-5-13(6-9-16)22-27-20(24(31)32)21(29)23(30)28-22/h1-11,29H,12H2,(H,31,32)(H,27,28,30). The molecule has 0 spiro atoms. The molecule has 0 aliphatic rings. The van der Waals surface area contributed by atoms with Crippen LogP contribution in [0.25, 0.3) is 11.4 Å². The van der Waals surface area contributed by atoms with Crippen LogP contribution in [0.4, 0.5) is 0 Å². The predicted octanol–water partition coefficient (Wildman–Crippen LogP) is 4.91. The third-order valence-corrected chi connectivity index (χ3v) is 7.23. The molecule has 12 heteroatoms. The number of benzene rings is 3. The molecule has 0 unspecified atom stereocenters. The number of carboxylic acids is 1. The second kappa shape index (κ2) is 10.0. The molecule has 0 amide bonds. The highest BCUT2D eigenvalue weighted by Crippen LogP contribution is 2.34. The zero-order valence-electron chi connectivity index (χ0n) is 18.1. The summed E-state index contributed by atoms with van der Waals surface area (Å²) in [5, 5.41) is 19.4. The maximum Gasteiger partial charge on any atom is 0.358 e. The number of sulfone groups is 1. The van der Waals surface area contributed by atoms with Gasteiger partial charge in [-0.3, -0.25) is 4.79 Å². The Morgan fingerprint density at radius 1 is 1.00 bits per heavy atom. The second-order valence-electron chi connectivity index (χ2n) is 7.48. The first kappa shape index (κ1) is 25.2. The number of carbonyl (C=O) groups is 1. The Labute approximate surface area is 214 Å². The van der Waals surface area contributed by atoms with E-state index in [1.165, 1.54) is 30.3 Å². The van der Waals surface area contributed by atoms with Crippen LogP contribution in [0.5, 0.6) is 17.2 Å². The number of H-pyrrole nitrogens is 1. The Balaban J connectivity index is 1.61. The van der Waals surface area contributed by atoms with Gasteiger partial charge in [0.1, 0.15) is 17.3 Å². The van der Waals surface area contributed by atoms with Gasteiger partial charge in [-0.2, -0.15) is 0 Å². The minimum absolute atomic E-state index is 0.0230. The van der Waals surface area contributed by atoms with Crippen LogP contribution in [0.3, 0.4) is 0 Å². The molecule has 0 saturated carbocycles. The van der Waals surface area contributed by atoms with E-state index < -0.39 is 32.8 Å². The Morgan fingerprint density at radius 2 is 1.69 bits per heavy atom. The summed E-state index contributed by atoms with van der Waals surface area (Å²) < 4.78 is 32.1. The zero-order chi connectivity index (χ0) is 26.0. The number of ether oxygens (including phenoxy) is 1. The average Bonchev–Trinajstić information content (AvgIpc) is 2.83. The number of para-hydroxylation sites is 1. The van der Waals surface area contributed by atoms with Crippen molar-refractivity contribution < 1.29 is 28.2 Å². The van der Waals surface area contributed by atoms with Gasteiger partial charge < -0.3 is 19.9 Å². The van der Waals surface area contributed by atoms with E-state index in [1.54, 1.807) is 36.4 Å². The van der Waals surface area contributed by atoms with E-state index in [0.29, 0.717) is 22.1 Å². The molecular weight excluding hydrogens is 531 g/mol. The molecule has 1 aromatic heterocycles. The maximum atomic E-state index is 13.1. The Kier molecular flexibility index (Phi) is 7.02. The van der Waals surface area contributed by atoms with Crippen LogP contribution in [-0.4, -0.2) is 34.6 Å². The molecule has 9 nitrogen and oxygen atoms in total. The SMILES string of the molecule is O=C(O)c1nc(-c2ccc(S(=O)(=O)Cc3ccccc3Oc3ccc(Cl)cc3Cl)cc2)[nH]c(=O)c1O. The maximum absolute atomic E-state index is 13.1. The van der Waals surface area contributed by atoms with E-state index in [1.807, 2.05) is 0 Å². The topological polar surface area (TPSA) is 147 Å². The van der Waals surface area contributed by atoms with Crippen LogP contribution in [0.15, 0.2) is 76.4 Å². The zero-order valence-corrected chi connectivity index (χ0v) is 20.4. The van der Waals surface area contributed by atoms with Crippen molar-refractivity contribution >= 4 is 39.0 Å². The van der Waals surface area contributed by atoms with Gasteiger partial charge in [0.15, 0.2) is 15.5 Å². The lowest BCUT2D eigenvalue weighted by Crippen LogP contribution is -2.15. The monoisotopic (exact) mass is 546 g/mol. The van der Waals surface area contributed by atoms with E-state index in [-0.39, 0.29) is 27.1 Å². The van der Waals surface area contributed by atoms with E-state index in [4.69, 9.17) is 33.0 Å². The minimum Gasteiger partial charge on any atom is -0.501 e. The molecule has 36 heavy (non-hydrogen) atoms. The number of halogens is 2. The second-order valence-corrected chi connectivity index (χ2v) is 10.3. The van der Waals surface area contributed by atoms with Gasteiger partial charge in [0.25, 0.3) is 5.56 Å². The molecule has 184 valence electrons. The van der Waals surface area contributed by atoms with Crippen LogP contribution < -0.4 is 10.3 Å². The lowest BCUT2D eigenvalue weighted by molar-refractivity contribution is 0.0686. The fourth-order valence-corrected chi connectivity index (χ4v) is 5.07. The van der Waals surface area contributed by atoms with Gasteiger partial charge in [-0.15, -0.1) is 0 Å². The number of hydrogen-bond donors (Lipinski definition) is 3. The summed E-state index contributed by atoms with van der Waals surface area (Å²) in [4.78, 5) is 29.0. The highest BCUT2D eigenvalue weighted by Gasteiger charge is 2.21. The first-order valence-corrected chi connectivity index (χ1v) is 12.6. The summed E-state index contributed by atoms with van der Waals surface area (Å²) in [6, 6.07) is 16.6. The number of hydrogen-bond acceptors (Lipinski definition) is 7. The third-order valence-electron chi connectivity index (χ3n) is 5.02. The number of carboxylic acid groups (broad SMARTS) is 1. The van der Waals surface area contributed by atoms with Gasteiger partial charge in [0.2, 0.25) is 5.75 Å². The van der Waals surface area contributed by atoms with Crippen molar-refractivity contribution in [3.05, 3.63) is 98.4 Å². The van der Waals surface area contributed by atoms with Crippen molar-refractivity contribution in [2.45, 2.75) is 10.6 Å². The number of aromatic hydroxyl groups is 1. The van der Waals surface area contributed by atoms with Gasteiger partial charge >= 0.3 is 5.97 Å². The van der Waals surface area contributed by atoms with E-state index in [2.05, 4.69) is 9.97 Å². The van der Waals surface area contributed by atoms with Crippen LogP contribution in [0, 0.1) is 0 Å². The Morgan fingerprint density at radius 3 is 2.36 bits per heavy atom. The quantitative estimate of drug-likeness (QED) is 0.296. The Hall–Kier alpha value is -3.86. The van der Waals surface area contributed by atoms with Crippen LogP contribution in [0.1, 0.15) is 16.1 Å².